The van der Waals surface area contributed by atoms with Gasteiger partial charge in [0.2, 0.25) is 0 Å². The Kier molecular flexibility index (Phi) is 5.18. The second kappa shape index (κ2) is 7.35. The summed E-state index contributed by atoms with van der Waals surface area (Å²) in [7, 11) is 1.64. The fourth-order valence-corrected chi connectivity index (χ4v) is 4.01. The first-order valence-corrected chi connectivity index (χ1v) is 9.20. The van der Waals surface area contributed by atoms with Gasteiger partial charge in [0.15, 0.2) is 0 Å². The van der Waals surface area contributed by atoms with E-state index in [1.807, 2.05) is 37.4 Å². The highest BCUT2D eigenvalue weighted by Crippen LogP contribution is 2.33. The molecule has 132 valence electrons. The Balaban J connectivity index is 2.22. The highest BCUT2D eigenvalue weighted by atomic mass is 32.1. The molecule has 0 aliphatic heterocycles. The number of benzene rings is 1. The minimum atomic E-state index is -0.578. The monoisotopic (exact) mass is 360 g/mol. The van der Waals surface area contributed by atoms with Crippen LogP contribution in [0.15, 0.2) is 28.4 Å². The van der Waals surface area contributed by atoms with E-state index < -0.39 is 6.67 Å². The van der Waals surface area contributed by atoms with Crippen LogP contribution in [0.25, 0.3) is 21.3 Å². The van der Waals surface area contributed by atoms with Crippen molar-refractivity contribution in [2.75, 3.05) is 13.8 Å². The predicted molar refractivity (Wildman–Crippen MR) is 101 cm³/mol. The number of alkyl halides is 1. The van der Waals surface area contributed by atoms with Crippen LogP contribution in [0.1, 0.15) is 24.7 Å². The zero-order chi connectivity index (χ0) is 18.0. The average molecular weight is 360 g/mol. The quantitative estimate of drug-likeness (QED) is 0.656. The predicted octanol–water partition coefficient (Wildman–Crippen LogP) is 4.36. The Morgan fingerprint density at radius 1 is 1.36 bits per heavy atom. The van der Waals surface area contributed by atoms with Gasteiger partial charge >= 0.3 is 0 Å². The molecule has 25 heavy (non-hydrogen) atoms. The third-order valence-corrected chi connectivity index (χ3v) is 5.13. The van der Waals surface area contributed by atoms with Crippen molar-refractivity contribution in [3.05, 3.63) is 45.3 Å². The number of hydrogen-bond acceptors (Lipinski definition) is 4. The molecule has 0 saturated heterocycles. The fraction of sp³-hybridized carbons (Fsp3) is 0.368. The maximum Gasteiger partial charge on any atom is 0.262 e. The van der Waals surface area contributed by atoms with Gasteiger partial charge in [-0.1, -0.05) is 13.0 Å². The van der Waals surface area contributed by atoms with Crippen LogP contribution in [-0.4, -0.2) is 23.3 Å². The Bertz CT molecular complexity index is 962. The standard InChI is InChI=1S/C19H21FN2O2S/c1-4-5-16-21-18-17(19(23)22(16)9-8-20)14(11-25-18)13-6-7-15(24-3)12(2)10-13/h6-7,10-11H,4-5,8-9H2,1-3H3. The summed E-state index contributed by atoms with van der Waals surface area (Å²) in [6, 6.07) is 5.83. The summed E-state index contributed by atoms with van der Waals surface area (Å²) >= 11 is 1.46. The lowest BCUT2D eigenvalue weighted by Gasteiger charge is -2.11. The number of fused-ring (bicyclic) bond motifs is 1. The highest BCUT2D eigenvalue weighted by Gasteiger charge is 2.17. The van der Waals surface area contributed by atoms with Crippen LogP contribution in [0, 0.1) is 6.92 Å². The molecule has 2 heterocycles. The summed E-state index contributed by atoms with van der Waals surface area (Å²) in [4.78, 5) is 18.4. The van der Waals surface area contributed by atoms with E-state index in [2.05, 4.69) is 4.98 Å². The number of thiophene rings is 1. The third-order valence-electron chi connectivity index (χ3n) is 4.26. The first-order valence-electron chi connectivity index (χ1n) is 8.32. The largest absolute Gasteiger partial charge is 0.496 e. The van der Waals surface area contributed by atoms with Gasteiger partial charge in [0.05, 0.1) is 19.0 Å². The normalized spacial score (nSPS) is 11.2. The Labute approximate surface area is 149 Å². The van der Waals surface area contributed by atoms with Crippen LogP contribution in [0.3, 0.4) is 0 Å². The number of methoxy groups -OCH3 is 1. The summed E-state index contributed by atoms with van der Waals surface area (Å²) in [6.45, 7) is 3.46. The minimum Gasteiger partial charge on any atom is -0.496 e. The molecule has 0 N–H and O–H groups in total. The van der Waals surface area contributed by atoms with Crippen molar-refractivity contribution < 1.29 is 9.13 Å². The lowest BCUT2D eigenvalue weighted by molar-refractivity contribution is 0.412. The molecule has 6 heteroatoms. The van der Waals surface area contributed by atoms with Gasteiger partial charge in [0, 0.05) is 17.4 Å². The summed E-state index contributed by atoms with van der Waals surface area (Å²) in [5, 5.41) is 2.53. The van der Waals surface area contributed by atoms with E-state index in [-0.39, 0.29) is 12.1 Å². The van der Waals surface area contributed by atoms with Gasteiger partial charge in [-0.05, 0) is 36.6 Å². The molecule has 4 nitrogen and oxygen atoms in total. The molecule has 0 saturated carbocycles. The summed E-state index contributed by atoms with van der Waals surface area (Å²) in [5.41, 5.74) is 2.63. The van der Waals surface area contributed by atoms with Gasteiger partial charge in [0.25, 0.3) is 5.56 Å². The molecule has 0 fully saturated rings. The zero-order valence-electron chi connectivity index (χ0n) is 14.6. The van der Waals surface area contributed by atoms with Crippen molar-refractivity contribution in [2.24, 2.45) is 0 Å². The molecule has 0 atom stereocenters. The summed E-state index contributed by atoms with van der Waals surface area (Å²) < 4.78 is 19.8. The molecule has 1 aromatic carbocycles. The molecule has 0 amide bonds. The van der Waals surface area contributed by atoms with Crippen molar-refractivity contribution in [3.8, 4) is 16.9 Å². The van der Waals surface area contributed by atoms with Crippen molar-refractivity contribution in [1.29, 1.82) is 0 Å². The van der Waals surface area contributed by atoms with Gasteiger partial charge in [-0.2, -0.15) is 0 Å². The van der Waals surface area contributed by atoms with Gasteiger partial charge in [-0.15, -0.1) is 11.3 Å². The summed E-state index contributed by atoms with van der Waals surface area (Å²) in [5.74, 6) is 1.47. The molecule has 2 aromatic heterocycles. The second-order valence-corrected chi connectivity index (χ2v) is 6.80. The van der Waals surface area contributed by atoms with Crippen LogP contribution < -0.4 is 10.3 Å². The van der Waals surface area contributed by atoms with Crippen molar-refractivity contribution >= 4 is 21.6 Å². The van der Waals surface area contributed by atoms with Crippen LogP contribution >= 0.6 is 11.3 Å². The maximum atomic E-state index is 13.0. The van der Waals surface area contributed by atoms with E-state index in [4.69, 9.17) is 4.74 Å². The molecule has 0 radical (unpaired) electrons. The molecule has 0 bridgehead atoms. The molecule has 0 spiro atoms. The Morgan fingerprint density at radius 3 is 2.80 bits per heavy atom. The number of rotatable bonds is 6. The first-order chi connectivity index (χ1) is 12.1. The topological polar surface area (TPSA) is 44.1 Å². The summed E-state index contributed by atoms with van der Waals surface area (Å²) in [6.07, 6.45) is 1.53. The molecular formula is C19H21FN2O2S. The molecule has 0 aliphatic rings. The molecule has 3 aromatic rings. The van der Waals surface area contributed by atoms with Gasteiger partial charge in [-0.3, -0.25) is 9.36 Å². The lowest BCUT2D eigenvalue weighted by atomic mass is 10.0. The van der Waals surface area contributed by atoms with Crippen molar-refractivity contribution in [1.82, 2.24) is 9.55 Å². The maximum absolute atomic E-state index is 13.0. The molecule has 3 rings (SSSR count). The van der Waals surface area contributed by atoms with E-state index in [0.29, 0.717) is 22.5 Å². The average Bonchev–Trinajstić information content (AvgIpc) is 3.02. The lowest BCUT2D eigenvalue weighted by Crippen LogP contribution is -2.26. The Morgan fingerprint density at radius 2 is 2.16 bits per heavy atom. The Hall–Kier alpha value is -2.21. The van der Waals surface area contributed by atoms with E-state index in [1.165, 1.54) is 15.9 Å². The van der Waals surface area contributed by atoms with Gasteiger partial charge in [-0.25, -0.2) is 9.37 Å². The smallest absolute Gasteiger partial charge is 0.262 e. The molecule has 0 aliphatic carbocycles. The first kappa shape index (κ1) is 17.6. The van der Waals surface area contributed by atoms with Crippen LogP contribution in [0.4, 0.5) is 4.39 Å². The van der Waals surface area contributed by atoms with E-state index in [0.717, 1.165) is 28.9 Å². The third kappa shape index (κ3) is 3.18. The van der Waals surface area contributed by atoms with Crippen LogP contribution in [-0.2, 0) is 13.0 Å². The molecule has 0 unspecified atom stereocenters. The van der Waals surface area contributed by atoms with E-state index in [9.17, 15) is 9.18 Å². The SMILES string of the molecule is CCCc1nc2scc(-c3ccc(OC)c(C)c3)c2c(=O)n1CCF. The van der Waals surface area contributed by atoms with Crippen LogP contribution in [0.2, 0.25) is 0 Å². The number of aromatic nitrogens is 2. The van der Waals surface area contributed by atoms with Crippen molar-refractivity contribution in [2.45, 2.75) is 33.2 Å². The molecular weight excluding hydrogens is 339 g/mol. The highest BCUT2D eigenvalue weighted by molar-refractivity contribution is 7.17. The van der Waals surface area contributed by atoms with E-state index >= 15 is 0 Å². The zero-order valence-corrected chi connectivity index (χ0v) is 15.5. The number of nitrogens with zero attached hydrogens (tertiary/aromatic N) is 2. The van der Waals surface area contributed by atoms with Gasteiger partial charge in [0.1, 0.15) is 23.1 Å². The van der Waals surface area contributed by atoms with E-state index in [1.54, 1.807) is 7.11 Å². The van der Waals surface area contributed by atoms with Crippen molar-refractivity contribution in [3.63, 3.8) is 0 Å². The van der Waals surface area contributed by atoms with Crippen LogP contribution in [0.5, 0.6) is 5.75 Å². The number of aryl methyl sites for hydroxylation is 2. The fourth-order valence-electron chi connectivity index (χ4n) is 3.05. The second-order valence-electron chi connectivity index (χ2n) is 5.94. The van der Waals surface area contributed by atoms with Gasteiger partial charge < -0.3 is 4.74 Å². The number of hydrogen-bond donors (Lipinski definition) is 0. The number of halogens is 1. The minimum absolute atomic E-state index is 0.0496. The number of ether oxygens (including phenoxy) is 1.